The Bertz CT molecular complexity index is 1030. The minimum Gasteiger partial charge on any atom is -0.507 e. The second kappa shape index (κ2) is 8.77. The van der Waals surface area contributed by atoms with Crippen molar-refractivity contribution in [2.75, 3.05) is 19.0 Å². The van der Waals surface area contributed by atoms with Crippen LogP contribution in [-0.2, 0) is 15.7 Å². The summed E-state index contributed by atoms with van der Waals surface area (Å²) in [7, 11) is 1.32. The van der Waals surface area contributed by atoms with Crippen LogP contribution in [0, 0.1) is 18.3 Å². The summed E-state index contributed by atoms with van der Waals surface area (Å²) < 4.78 is 43.2. The number of ether oxygens (including phenoxy) is 1. The quantitative estimate of drug-likeness (QED) is 0.627. The lowest BCUT2D eigenvalue weighted by Gasteiger charge is -2.29. The number of hydrogen-bond donors (Lipinski definition) is 3. The molecule has 164 valence electrons. The van der Waals surface area contributed by atoms with Crippen LogP contribution in [0.25, 0.3) is 11.3 Å². The van der Waals surface area contributed by atoms with Gasteiger partial charge in [-0.3, -0.25) is 4.79 Å². The van der Waals surface area contributed by atoms with Gasteiger partial charge in [-0.05, 0) is 43.5 Å². The Hall–Kier alpha value is -3.39. The van der Waals surface area contributed by atoms with E-state index in [1.807, 2.05) is 6.07 Å². The highest BCUT2D eigenvalue weighted by Gasteiger charge is 2.32. The van der Waals surface area contributed by atoms with Crippen molar-refractivity contribution < 1.29 is 27.8 Å². The Balaban J connectivity index is 1.84. The third kappa shape index (κ3) is 4.69. The van der Waals surface area contributed by atoms with Crippen LogP contribution in [0.4, 0.5) is 19.0 Å². The predicted octanol–water partition coefficient (Wildman–Crippen LogP) is 2.75. The van der Waals surface area contributed by atoms with Crippen molar-refractivity contribution >= 4 is 11.8 Å². The van der Waals surface area contributed by atoms with E-state index < -0.39 is 23.5 Å². The largest absolute Gasteiger partial charge is 0.507 e. The molecule has 0 saturated carbocycles. The van der Waals surface area contributed by atoms with Gasteiger partial charge in [-0.15, -0.1) is 10.2 Å². The van der Waals surface area contributed by atoms with Crippen LogP contribution < -0.4 is 10.6 Å². The minimum atomic E-state index is -4.59. The second-order valence-electron chi connectivity index (χ2n) is 7.14. The summed E-state index contributed by atoms with van der Waals surface area (Å²) >= 11 is 0. The number of phenols is 1. The maximum Gasteiger partial charge on any atom is 0.416 e. The zero-order chi connectivity index (χ0) is 22.8. The summed E-state index contributed by atoms with van der Waals surface area (Å²) in [6, 6.07) is 4.07. The normalized spacial score (nSPS) is 18.8. The average Bonchev–Trinajstić information content (AvgIpc) is 2.74. The summed E-state index contributed by atoms with van der Waals surface area (Å²) in [6.45, 7) is 2.02. The molecule has 0 bridgehead atoms. The lowest BCUT2D eigenvalue weighted by molar-refractivity contribution is -0.143. The summed E-state index contributed by atoms with van der Waals surface area (Å²) in [4.78, 5) is 11.6. The number of rotatable bonds is 4. The van der Waals surface area contributed by atoms with Gasteiger partial charge in [0.1, 0.15) is 29.1 Å². The van der Waals surface area contributed by atoms with Crippen LogP contribution in [-0.4, -0.2) is 47.0 Å². The highest BCUT2D eigenvalue weighted by atomic mass is 19.4. The molecule has 8 nitrogen and oxygen atoms in total. The first-order chi connectivity index (χ1) is 14.7. The van der Waals surface area contributed by atoms with E-state index in [2.05, 4.69) is 20.8 Å². The Morgan fingerprint density at radius 1 is 1.35 bits per heavy atom. The maximum absolute atomic E-state index is 12.8. The molecule has 0 spiro atoms. The van der Waals surface area contributed by atoms with Crippen molar-refractivity contribution in [3.05, 3.63) is 34.9 Å². The molecule has 0 aliphatic carbocycles. The van der Waals surface area contributed by atoms with Crippen molar-refractivity contribution in [1.82, 2.24) is 15.5 Å². The van der Waals surface area contributed by atoms with E-state index in [1.165, 1.54) is 7.11 Å². The van der Waals surface area contributed by atoms with Crippen LogP contribution in [0.2, 0.25) is 0 Å². The number of phenolic OH excluding ortho intramolecular Hbond substituents is 1. The van der Waals surface area contributed by atoms with Crippen molar-refractivity contribution in [3.8, 4) is 23.1 Å². The predicted molar refractivity (Wildman–Crippen MR) is 104 cm³/mol. The van der Waals surface area contributed by atoms with Crippen molar-refractivity contribution in [1.29, 1.82) is 5.26 Å². The van der Waals surface area contributed by atoms with Crippen LogP contribution in [0.3, 0.4) is 0 Å². The van der Waals surface area contributed by atoms with Gasteiger partial charge in [0.25, 0.3) is 0 Å². The van der Waals surface area contributed by atoms with Gasteiger partial charge in [-0.2, -0.15) is 18.4 Å². The van der Waals surface area contributed by atoms with Crippen LogP contribution in [0.15, 0.2) is 18.2 Å². The lowest BCUT2D eigenvalue weighted by Crippen LogP contribution is -2.48. The highest BCUT2D eigenvalue weighted by Crippen LogP contribution is 2.37. The first kappa shape index (κ1) is 22.3. The molecule has 31 heavy (non-hydrogen) atoms. The number of methoxy groups -OCH3 is 1. The molecular formula is C20H20F3N5O3. The number of aromatic hydroxyl groups is 1. The monoisotopic (exact) mass is 435 g/mol. The molecule has 3 rings (SSSR count). The van der Waals surface area contributed by atoms with Crippen LogP contribution >= 0.6 is 0 Å². The molecule has 1 fully saturated rings. The van der Waals surface area contributed by atoms with E-state index in [1.54, 1.807) is 6.92 Å². The number of nitrogens with one attached hydrogen (secondary N) is 2. The SMILES string of the molecule is COC(=O)[C@@H]1CC[C@@H](Nc2nnc(-c3ccc(C(F)(F)F)cc3O)c(C)c2C#N)CN1. The van der Waals surface area contributed by atoms with Crippen LogP contribution in [0.1, 0.15) is 29.5 Å². The third-order valence-corrected chi connectivity index (χ3v) is 5.15. The Kier molecular flexibility index (Phi) is 6.31. The lowest BCUT2D eigenvalue weighted by atomic mass is 9.99. The Morgan fingerprint density at radius 2 is 2.10 bits per heavy atom. The van der Waals surface area contributed by atoms with E-state index in [0.717, 1.165) is 12.1 Å². The number of alkyl halides is 3. The number of nitriles is 1. The van der Waals surface area contributed by atoms with Crippen molar-refractivity contribution in [2.24, 2.45) is 0 Å². The number of halogens is 3. The first-order valence-electron chi connectivity index (χ1n) is 9.41. The fourth-order valence-electron chi connectivity index (χ4n) is 3.44. The smallest absolute Gasteiger partial charge is 0.416 e. The Labute approximate surface area is 176 Å². The molecule has 2 atom stereocenters. The molecule has 1 saturated heterocycles. The number of nitrogens with zero attached hydrogens (tertiary/aromatic N) is 3. The zero-order valence-electron chi connectivity index (χ0n) is 16.7. The fraction of sp³-hybridized carbons (Fsp3) is 0.400. The molecule has 1 aliphatic heterocycles. The first-order valence-corrected chi connectivity index (χ1v) is 9.41. The standard InChI is InChI=1S/C20H20F3N5O3/c1-10-14(8-24)18(26-12-4-6-15(25-9-12)19(30)31-2)28-27-17(10)13-5-3-11(7-16(13)29)20(21,22)23/h3,5,7,12,15,25,29H,4,6,9H2,1-2H3,(H,26,28)/t12-,15+/m1/s1. The summed E-state index contributed by atoms with van der Waals surface area (Å²) in [6.07, 6.45) is -3.43. The van der Waals surface area contributed by atoms with Crippen molar-refractivity contribution in [2.45, 2.75) is 38.0 Å². The van der Waals surface area contributed by atoms with E-state index in [4.69, 9.17) is 4.74 Å². The number of piperidine rings is 1. The molecule has 0 radical (unpaired) electrons. The van der Waals surface area contributed by atoms with E-state index in [-0.39, 0.29) is 34.6 Å². The topological polar surface area (TPSA) is 120 Å². The number of anilines is 1. The fourth-order valence-corrected chi connectivity index (χ4v) is 3.44. The van der Waals surface area contributed by atoms with Gasteiger partial charge in [-0.25, -0.2) is 0 Å². The number of carbonyl (C=O) groups excluding carboxylic acids is 1. The van der Waals surface area contributed by atoms with E-state index >= 15 is 0 Å². The molecule has 11 heteroatoms. The van der Waals surface area contributed by atoms with Gasteiger partial charge < -0.3 is 20.5 Å². The molecule has 2 aromatic rings. The molecule has 0 unspecified atom stereocenters. The molecule has 2 heterocycles. The number of hydrogen-bond acceptors (Lipinski definition) is 8. The molecule has 1 aromatic heterocycles. The van der Waals surface area contributed by atoms with E-state index in [9.17, 15) is 28.3 Å². The number of carbonyl (C=O) groups is 1. The summed E-state index contributed by atoms with van der Waals surface area (Å²) in [5.74, 6) is -0.729. The minimum absolute atomic E-state index is 0.0429. The molecule has 0 amide bonds. The van der Waals surface area contributed by atoms with Gasteiger partial charge in [0, 0.05) is 18.2 Å². The Morgan fingerprint density at radius 3 is 2.65 bits per heavy atom. The van der Waals surface area contributed by atoms with Gasteiger partial charge in [-0.1, -0.05) is 0 Å². The summed E-state index contributed by atoms with van der Waals surface area (Å²) in [5, 5.41) is 34.0. The van der Waals surface area contributed by atoms with Gasteiger partial charge in [0.2, 0.25) is 0 Å². The molecule has 1 aliphatic rings. The maximum atomic E-state index is 12.8. The van der Waals surface area contributed by atoms with Crippen molar-refractivity contribution in [3.63, 3.8) is 0 Å². The summed E-state index contributed by atoms with van der Waals surface area (Å²) in [5.41, 5.74) is -0.305. The third-order valence-electron chi connectivity index (χ3n) is 5.15. The molecule has 3 N–H and O–H groups in total. The number of esters is 1. The number of aromatic nitrogens is 2. The van der Waals surface area contributed by atoms with Gasteiger partial charge in [0.15, 0.2) is 5.82 Å². The van der Waals surface area contributed by atoms with Gasteiger partial charge in [0.05, 0.1) is 12.7 Å². The van der Waals surface area contributed by atoms with E-state index in [0.29, 0.717) is 31.0 Å². The average molecular weight is 435 g/mol. The van der Waals surface area contributed by atoms with Gasteiger partial charge >= 0.3 is 12.1 Å². The number of benzene rings is 1. The second-order valence-corrected chi connectivity index (χ2v) is 7.14. The van der Waals surface area contributed by atoms with Crippen LogP contribution in [0.5, 0.6) is 5.75 Å². The zero-order valence-corrected chi connectivity index (χ0v) is 16.7. The molecule has 1 aromatic carbocycles. The molecular weight excluding hydrogens is 415 g/mol. The highest BCUT2D eigenvalue weighted by molar-refractivity contribution is 5.76.